The molecule has 0 aliphatic heterocycles. The molecule has 0 aliphatic carbocycles. The fraction of sp³-hybridized carbons (Fsp3) is 0.889. The molecule has 0 aliphatic rings. The summed E-state index contributed by atoms with van der Waals surface area (Å²) in [6.07, 6.45) is 3.56. The Morgan fingerprint density at radius 1 is 1.54 bits per heavy atom. The summed E-state index contributed by atoms with van der Waals surface area (Å²) in [5.41, 5.74) is 0. The molecule has 0 bridgehead atoms. The molecule has 0 aromatic rings. The monoisotopic (exact) mass is 207 g/mol. The second-order valence-electron chi connectivity index (χ2n) is 3.09. The summed E-state index contributed by atoms with van der Waals surface area (Å²) in [7, 11) is 0. The van der Waals surface area contributed by atoms with Crippen molar-refractivity contribution in [2.45, 2.75) is 50.7 Å². The van der Waals surface area contributed by atoms with Crippen LogP contribution in [-0.4, -0.2) is 22.7 Å². The van der Waals surface area contributed by atoms with Crippen LogP contribution in [0.25, 0.3) is 0 Å². The van der Waals surface area contributed by atoms with Gasteiger partial charge in [-0.2, -0.15) is 0 Å². The highest BCUT2D eigenvalue weighted by Gasteiger charge is 2.35. The van der Waals surface area contributed by atoms with E-state index in [4.69, 9.17) is 21.7 Å². The quantitative estimate of drug-likeness (QED) is 0.292. The van der Waals surface area contributed by atoms with Gasteiger partial charge in [-0.3, -0.25) is 5.41 Å². The van der Waals surface area contributed by atoms with Gasteiger partial charge in [0.1, 0.15) is 0 Å². The summed E-state index contributed by atoms with van der Waals surface area (Å²) in [5, 5.41) is 16.3. The first kappa shape index (κ1) is 12.7. The van der Waals surface area contributed by atoms with Gasteiger partial charge < -0.3 is 9.84 Å². The standard InChI is InChI=1S/C9H18ClNO2/c1-3-5-8(10)9(12,6-4-2)13-7-11/h7-8,11-12H,3-6H2,1-2H3. The molecule has 13 heavy (non-hydrogen) atoms. The van der Waals surface area contributed by atoms with E-state index in [9.17, 15) is 5.11 Å². The van der Waals surface area contributed by atoms with E-state index >= 15 is 0 Å². The van der Waals surface area contributed by atoms with Gasteiger partial charge in [-0.05, 0) is 12.8 Å². The molecule has 4 heteroatoms. The molecule has 0 aromatic heterocycles. The van der Waals surface area contributed by atoms with Gasteiger partial charge in [0, 0.05) is 6.42 Å². The van der Waals surface area contributed by atoms with Crippen molar-refractivity contribution in [3.05, 3.63) is 0 Å². The van der Waals surface area contributed by atoms with E-state index in [0.29, 0.717) is 12.8 Å². The minimum Gasteiger partial charge on any atom is -0.451 e. The van der Waals surface area contributed by atoms with Crippen molar-refractivity contribution in [3.8, 4) is 0 Å². The maximum atomic E-state index is 9.91. The van der Waals surface area contributed by atoms with Crippen molar-refractivity contribution < 1.29 is 9.84 Å². The topological polar surface area (TPSA) is 53.3 Å². The Bertz CT molecular complexity index is 155. The van der Waals surface area contributed by atoms with Crippen LogP contribution in [0, 0.1) is 5.41 Å². The van der Waals surface area contributed by atoms with Crippen molar-refractivity contribution in [1.82, 2.24) is 0 Å². The largest absolute Gasteiger partial charge is 0.451 e. The fourth-order valence-corrected chi connectivity index (χ4v) is 1.61. The average molecular weight is 208 g/mol. The molecule has 0 spiro atoms. The van der Waals surface area contributed by atoms with E-state index in [1.165, 1.54) is 0 Å². The van der Waals surface area contributed by atoms with E-state index < -0.39 is 11.2 Å². The van der Waals surface area contributed by atoms with Crippen LogP contribution in [0.4, 0.5) is 0 Å². The number of hydrogen-bond donors (Lipinski definition) is 2. The highest BCUT2D eigenvalue weighted by molar-refractivity contribution is 6.21. The van der Waals surface area contributed by atoms with Gasteiger partial charge in [0.2, 0.25) is 5.79 Å². The van der Waals surface area contributed by atoms with E-state index in [-0.39, 0.29) is 0 Å². The molecule has 2 atom stereocenters. The predicted octanol–water partition coefficient (Wildman–Crippen LogP) is 2.51. The van der Waals surface area contributed by atoms with Crippen molar-refractivity contribution >= 4 is 18.0 Å². The van der Waals surface area contributed by atoms with Gasteiger partial charge in [-0.15, -0.1) is 11.6 Å². The van der Waals surface area contributed by atoms with E-state index in [1.807, 2.05) is 13.8 Å². The Hall–Kier alpha value is -0.280. The van der Waals surface area contributed by atoms with Gasteiger partial charge in [0.15, 0.2) is 6.40 Å². The maximum absolute atomic E-state index is 9.91. The third-order valence-corrected chi connectivity index (χ3v) is 2.46. The predicted molar refractivity (Wildman–Crippen MR) is 54.3 cm³/mol. The van der Waals surface area contributed by atoms with E-state index in [2.05, 4.69) is 0 Å². The van der Waals surface area contributed by atoms with Crippen molar-refractivity contribution in [3.63, 3.8) is 0 Å². The number of halogens is 1. The van der Waals surface area contributed by atoms with Gasteiger partial charge in [-0.1, -0.05) is 20.3 Å². The molecule has 2 unspecified atom stereocenters. The van der Waals surface area contributed by atoms with Crippen LogP contribution in [0.15, 0.2) is 0 Å². The molecule has 0 amide bonds. The summed E-state index contributed by atoms with van der Waals surface area (Å²) >= 11 is 5.97. The molecule has 2 N–H and O–H groups in total. The fourth-order valence-electron chi connectivity index (χ4n) is 1.23. The summed E-state index contributed by atoms with van der Waals surface area (Å²) in [5.74, 6) is -1.37. The normalized spacial score (nSPS) is 17.5. The van der Waals surface area contributed by atoms with E-state index in [1.54, 1.807) is 0 Å². The summed E-state index contributed by atoms with van der Waals surface area (Å²) in [4.78, 5) is 0. The zero-order valence-electron chi connectivity index (χ0n) is 8.22. The summed E-state index contributed by atoms with van der Waals surface area (Å²) in [6, 6.07) is 0. The number of nitrogens with one attached hydrogen (secondary N) is 1. The Morgan fingerprint density at radius 2 is 2.15 bits per heavy atom. The highest BCUT2D eigenvalue weighted by Crippen LogP contribution is 2.26. The van der Waals surface area contributed by atoms with Gasteiger partial charge in [0.05, 0.1) is 5.38 Å². The Labute approximate surface area is 84.6 Å². The number of aliphatic hydroxyl groups is 1. The lowest BCUT2D eigenvalue weighted by atomic mass is 10.0. The minimum atomic E-state index is -1.37. The zero-order valence-corrected chi connectivity index (χ0v) is 8.97. The zero-order chi connectivity index (χ0) is 10.3. The lowest BCUT2D eigenvalue weighted by molar-refractivity contribution is -0.151. The van der Waals surface area contributed by atoms with Gasteiger partial charge in [0.25, 0.3) is 0 Å². The first-order valence-electron chi connectivity index (χ1n) is 4.64. The third-order valence-electron chi connectivity index (χ3n) is 1.90. The van der Waals surface area contributed by atoms with Crippen LogP contribution in [0.1, 0.15) is 39.5 Å². The lowest BCUT2D eigenvalue weighted by Crippen LogP contribution is -2.41. The first-order valence-corrected chi connectivity index (χ1v) is 5.07. The van der Waals surface area contributed by atoms with Crippen molar-refractivity contribution in [2.24, 2.45) is 0 Å². The van der Waals surface area contributed by atoms with Crippen LogP contribution in [0.3, 0.4) is 0 Å². The van der Waals surface area contributed by atoms with Crippen LogP contribution in [0.2, 0.25) is 0 Å². The smallest absolute Gasteiger partial charge is 0.225 e. The average Bonchev–Trinajstić information content (AvgIpc) is 2.05. The molecule has 78 valence electrons. The van der Waals surface area contributed by atoms with Crippen LogP contribution < -0.4 is 0 Å². The SMILES string of the molecule is CCCC(Cl)C(O)(CCC)OC=N. The summed E-state index contributed by atoms with van der Waals surface area (Å²) < 4.78 is 4.85. The highest BCUT2D eigenvalue weighted by atomic mass is 35.5. The van der Waals surface area contributed by atoms with Gasteiger partial charge >= 0.3 is 0 Å². The molecule has 0 fully saturated rings. The molecule has 0 aromatic carbocycles. The number of ether oxygens (including phenoxy) is 1. The van der Waals surface area contributed by atoms with Crippen LogP contribution in [0.5, 0.6) is 0 Å². The minimum absolute atomic E-state index is 0.445. The Kier molecular flexibility index (Phi) is 6.08. The molecule has 0 rings (SSSR count). The van der Waals surface area contributed by atoms with Crippen LogP contribution >= 0.6 is 11.6 Å². The third kappa shape index (κ3) is 3.96. The number of alkyl halides is 1. The van der Waals surface area contributed by atoms with E-state index in [0.717, 1.165) is 19.2 Å². The van der Waals surface area contributed by atoms with Crippen LogP contribution in [-0.2, 0) is 4.74 Å². The molecule has 0 radical (unpaired) electrons. The number of rotatable bonds is 7. The van der Waals surface area contributed by atoms with Crippen molar-refractivity contribution in [1.29, 1.82) is 5.41 Å². The molecular formula is C9H18ClNO2. The molecular weight excluding hydrogens is 190 g/mol. The molecule has 3 nitrogen and oxygen atoms in total. The molecule has 0 heterocycles. The molecule has 0 saturated carbocycles. The Morgan fingerprint density at radius 3 is 2.54 bits per heavy atom. The lowest BCUT2D eigenvalue weighted by Gasteiger charge is -2.30. The van der Waals surface area contributed by atoms with Crippen molar-refractivity contribution in [2.75, 3.05) is 0 Å². The number of hydrogen-bond acceptors (Lipinski definition) is 3. The van der Waals surface area contributed by atoms with Gasteiger partial charge in [-0.25, -0.2) is 0 Å². The second-order valence-corrected chi connectivity index (χ2v) is 3.61. The Balaban J connectivity index is 4.26. The maximum Gasteiger partial charge on any atom is 0.225 e. The second kappa shape index (κ2) is 6.22. The first-order chi connectivity index (χ1) is 6.10. The summed E-state index contributed by atoms with van der Waals surface area (Å²) in [6.45, 7) is 3.93. The molecule has 0 saturated heterocycles.